The van der Waals surface area contributed by atoms with Crippen molar-refractivity contribution in [1.29, 1.82) is 0 Å². The first kappa shape index (κ1) is 18.9. The van der Waals surface area contributed by atoms with E-state index in [2.05, 4.69) is 24.3 Å². The van der Waals surface area contributed by atoms with Crippen LogP contribution in [0.1, 0.15) is 52.4 Å². The quantitative estimate of drug-likeness (QED) is 0.316. The standard InChI is InChI=1S/C16H28O4/c1-3-19-16(20-4-2)14-12-10-8-6-5-7-9-11-13-15(17)18/h5-6,10,12,16H,3-4,7-9,11,13-14H2,1-2H3,(H,17,18). The molecule has 0 saturated heterocycles. The number of carbonyl (C=O) groups is 1. The summed E-state index contributed by atoms with van der Waals surface area (Å²) in [4.78, 5) is 10.3. The van der Waals surface area contributed by atoms with Crippen LogP contribution in [0.25, 0.3) is 0 Å². The predicted molar refractivity (Wildman–Crippen MR) is 80.7 cm³/mol. The molecule has 0 spiro atoms. The molecule has 0 radical (unpaired) electrons. The van der Waals surface area contributed by atoms with Crippen LogP contribution >= 0.6 is 0 Å². The molecule has 0 unspecified atom stereocenters. The minimum Gasteiger partial charge on any atom is -0.481 e. The molecule has 0 atom stereocenters. The normalized spacial score (nSPS) is 11.9. The third kappa shape index (κ3) is 13.3. The van der Waals surface area contributed by atoms with Crippen LogP contribution in [0.3, 0.4) is 0 Å². The van der Waals surface area contributed by atoms with Gasteiger partial charge in [-0.3, -0.25) is 4.79 Å². The summed E-state index contributed by atoms with van der Waals surface area (Å²) in [5.41, 5.74) is 0. The molecule has 116 valence electrons. The van der Waals surface area contributed by atoms with Gasteiger partial charge in [-0.05, 0) is 39.5 Å². The summed E-state index contributed by atoms with van der Waals surface area (Å²) < 4.78 is 10.9. The molecule has 0 rings (SSSR count). The fourth-order valence-corrected chi connectivity index (χ4v) is 1.69. The lowest BCUT2D eigenvalue weighted by Gasteiger charge is -2.14. The molecule has 20 heavy (non-hydrogen) atoms. The van der Waals surface area contributed by atoms with Crippen LogP contribution in [-0.2, 0) is 14.3 Å². The minimum absolute atomic E-state index is 0.138. The monoisotopic (exact) mass is 284 g/mol. The molecule has 0 aromatic carbocycles. The van der Waals surface area contributed by atoms with Gasteiger partial charge in [-0.15, -0.1) is 0 Å². The van der Waals surface area contributed by atoms with E-state index in [1.54, 1.807) is 0 Å². The average Bonchev–Trinajstić information content (AvgIpc) is 2.41. The third-order valence-electron chi connectivity index (χ3n) is 2.65. The van der Waals surface area contributed by atoms with Crippen LogP contribution in [-0.4, -0.2) is 30.6 Å². The minimum atomic E-state index is -0.713. The summed E-state index contributed by atoms with van der Waals surface area (Å²) in [5.74, 6) is -0.713. The van der Waals surface area contributed by atoms with Crippen LogP contribution in [0.15, 0.2) is 24.3 Å². The molecule has 0 saturated carbocycles. The molecular formula is C16H28O4. The molecule has 1 N–H and O–H groups in total. The number of rotatable bonds is 13. The van der Waals surface area contributed by atoms with Crippen molar-refractivity contribution in [2.45, 2.75) is 58.7 Å². The summed E-state index contributed by atoms with van der Waals surface area (Å²) >= 11 is 0. The van der Waals surface area contributed by atoms with Crippen LogP contribution in [0.4, 0.5) is 0 Å². The van der Waals surface area contributed by atoms with Crippen molar-refractivity contribution in [3.63, 3.8) is 0 Å². The first-order valence-corrected chi connectivity index (χ1v) is 7.45. The fourth-order valence-electron chi connectivity index (χ4n) is 1.69. The SMILES string of the molecule is CCOC(CC=CCC=CCCCCC(=O)O)OCC. The van der Waals surface area contributed by atoms with E-state index >= 15 is 0 Å². The maximum Gasteiger partial charge on any atom is 0.303 e. The molecule has 0 amide bonds. The summed E-state index contributed by atoms with van der Waals surface area (Å²) in [6.45, 7) is 5.25. The molecule has 0 bridgehead atoms. The Balaban J connectivity index is 3.56. The van der Waals surface area contributed by atoms with Gasteiger partial charge >= 0.3 is 5.97 Å². The number of allylic oxidation sites excluding steroid dienone is 3. The number of unbranched alkanes of at least 4 members (excludes halogenated alkanes) is 2. The summed E-state index contributed by atoms with van der Waals surface area (Å²) in [6.07, 6.45) is 12.8. The molecule has 0 heterocycles. The topological polar surface area (TPSA) is 55.8 Å². The largest absolute Gasteiger partial charge is 0.481 e. The number of carboxylic acids is 1. The van der Waals surface area contributed by atoms with Gasteiger partial charge in [0.15, 0.2) is 6.29 Å². The van der Waals surface area contributed by atoms with E-state index < -0.39 is 5.97 Å². The Labute approximate surface area is 122 Å². The second-order valence-electron chi connectivity index (χ2n) is 4.39. The lowest BCUT2D eigenvalue weighted by molar-refractivity contribution is -0.137. The van der Waals surface area contributed by atoms with Crippen molar-refractivity contribution in [3.8, 4) is 0 Å². The molecule has 0 aliphatic rings. The summed E-state index contributed by atoms with van der Waals surface area (Å²) in [5, 5.41) is 8.49. The van der Waals surface area contributed by atoms with Gasteiger partial charge in [0.05, 0.1) is 0 Å². The van der Waals surface area contributed by atoms with Gasteiger partial charge < -0.3 is 14.6 Å². The molecular weight excluding hydrogens is 256 g/mol. The second-order valence-corrected chi connectivity index (χ2v) is 4.39. The Hall–Kier alpha value is -1.13. The Morgan fingerprint density at radius 2 is 1.70 bits per heavy atom. The first-order valence-electron chi connectivity index (χ1n) is 7.45. The third-order valence-corrected chi connectivity index (χ3v) is 2.65. The highest BCUT2D eigenvalue weighted by atomic mass is 16.7. The highest BCUT2D eigenvalue weighted by Crippen LogP contribution is 2.04. The molecule has 4 heteroatoms. The van der Waals surface area contributed by atoms with E-state index in [1.165, 1.54) is 0 Å². The average molecular weight is 284 g/mol. The zero-order valence-corrected chi connectivity index (χ0v) is 12.7. The summed E-state index contributed by atoms with van der Waals surface area (Å²) in [6, 6.07) is 0. The van der Waals surface area contributed by atoms with E-state index in [1.807, 2.05) is 13.8 Å². The zero-order valence-electron chi connectivity index (χ0n) is 12.7. The molecule has 0 aromatic rings. The van der Waals surface area contributed by atoms with Crippen molar-refractivity contribution >= 4 is 5.97 Å². The lowest BCUT2D eigenvalue weighted by atomic mass is 10.2. The van der Waals surface area contributed by atoms with Crippen molar-refractivity contribution in [2.75, 3.05) is 13.2 Å². The van der Waals surface area contributed by atoms with Crippen molar-refractivity contribution in [3.05, 3.63) is 24.3 Å². The smallest absolute Gasteiger partial charge is 0.303 e. The molecule has 4 nitrogen and oxygen atoms in total. The van der Waals surface area contributed by atoms with Crippen LogP contribution in [0, 0.1) is 0 Å². The highest BCUT2D eigenvalue weighted by Gasteiger charge is 2.03. The Morgan fingerprint density at radius 3 is 2.30 bits per heavy atom. The van der Waals surface area contributed by atoms with Gasteiger partial charge in [0.1, 0.15) is 0 Å². The number of ether oxygens (including phenoxy) is 2. The van der Waals surface area contributed by atoms with Crippen LogP contribution < -0.4 is 0 Å². The number of hydrogen-bond acceptors (Lipinski definition) is 3. The zero-order chi connectivity index (χ0) is 15.1. The van der Waals surface area contributed by atoms with Crippen molar-refractivity contribution in [2.24, 2.45) is 0 Å². The Morgan fingerprint density at radius 1 is 1.05 bits per heavy atom. The molecule has 0 aliphatic carbocycles. The number of carboxylic acid groups (broad SMARTS) is 1. The van der Waals surface area contributed by atoms with Gasteiger partial charge in [0.2, 0.25) is 0 Å². The number of hydrogen-bond donors (Lipinski definition) is 1. The van der Waals surface area contributed by atoms with Crippen molar-refractivity contribution < 1.29 is 19.4 Å². The second kappa shape index (κ2) is 14.3. The van der Waals surface area contributed by atoms with Crippen molar-refractivity contribution in [1.82, 2.24) is 0 Å². The predicted octanol–water partition coefficient (Wildman–Crippen LogP) is 3.92. The highest BCUT2D eigenvalue weighted by molar-refractivity contribution is 5.66. The van der Waals surface area contributed by atoms with E-state index in [0.717, 1.165) is 32.1 Å². The van der Waals surface area contributed by atoms with E-state index in [4.69, 9.17) is 14.6 Å². The van der Waals surface area contributed by atoms with Gasteiger partial charge in [-0.2, -0.15) is 0 Å². The molecule has 0 fully saturated rings. The first-order chi connectivity index (χ1) is 9.70. The Kier molecular flexibility index (Phi) is 13.5. The maximum atomic E-state index is 10.3. The lowest BCUT2D eigenvalue weighted by Crippen LogP contribution is -2.16. The van der Waals surface area contributed by atoms with Crippen LogP contribution in [0.2, 0.25) is 0 Å². The Bertz CT molecular complexity index is 278. The van der Waals surface area contributed by atoms with Gasteiger partial charge in [-0.1, -0.05) is 24.3 Å². The van der Waals surface area contributed by atoms with Gasteiger partial charge in [-0.25, -0.2) is 0 Å². The summed E-state index contributed by atoms with van der Waals surface area (Å²) in [7, 11) is 0. The van der Waals surface area contributed by atoms with Crippen LogP contribution in [0.5, 0.6) is 0 Å². The molecule has 0 aromatic heterocycles. The van der Waals surface area contributed by atoms with E-state index in [0.29, 0.717) is 13.2 Å². The van der Waals surface area contributed by atoms with Gasteiger partial charge in [0, 0.05) is 26.1 Å². The molecule has 0 aliphatic heterocycles. The van der Waals surface area contributed by atoms with Gasteiger partial charge in [0.25, 0.3) is 0 Å². The van der Waals surface area contributed by atoms with E-state index in [-0.39, 0.29) is 12.7 Å². The maximum absolute atomic E-state index is 10.3. The number of aliphatic carboxylic acids is 1. The van der Waals surface area contributed by atoms with E-state index in [9.17, 15) is 4.79 Å². The fraction of sp³-hybridized carbons (Fsp3) is 0.688.